The Kier molecular flexibility index (Phi) is 4.04. The molecule has 0 bridgehead atoms. The van der Waals surface area contributed by atoms with Crippen LogP contribution in [0, 0.1) is 6.92 Å². The number of piperidine rings is 1. The number of nitrogens with zero attached hydrogens (tertiary/aromatic N) is 1. The number of amides is 2. The van der Waals surface area contributed by atoms with Crippen molar-refractivity contribution in [2.24, 2.45) is 0 Å². The van der Waals surface area contributed by atoms with Gasteiger partial charge < -0.3 is 15.3 Å². The van der Waals surface area contributed by atoms with Gasteiger partial charge in [0, 0.05) is 18.8 Å². The van der Waals surface area contributed by atoms with Gasteiger partial charge >= 0.3 is 12.0 Å². The van der Waals surface area contributed by atoms with Crippen molar-refractivity contribution in [3.8, 4) is 0 Å². The summed E-state index contributed by atoms with van der Waals surface area (Å²) in [5.41, 5.74) is 1.37. The van der Waals surface area contributed by atoms with Crippen LogP contribution in [0.4, 0.5) is 10.5 Å². The second kappa shape index (κ2) is 5.73. The lowest BCUT2D eigenvalue weighted by Crippen LogP contribution is -2.38. The molecule has 2 amide bonds. The minimum atomic E-state index is -0.980. The van der Waals surface area contributed by atoms with Gasteiger partial charge in [0.25, 0.3) is 0 Å². The highest BCUT2D eigenvalue weighted by Gasteiger charge is 2.18. The van der Waals surface area contributed by atoms with Crippen LogP contribution in [0.1, 0.15) is 35.2 Å². The molecule has 1 aliphatic rings. The lowest BCUT2D eigenvalue weighted by molar-refractivity contribution is 0.0696. The smallest absolute Gasteiger partial charge is 0.336 e. The van der Waals surface area contributed by atoms with Gasteiger partial charge in [-0.05, 0) is 43.9 Å². The number of carboxylic acid groups (broad SMARTS) is 1. The summed E-state index contributed by atoms with van der Waals surface area (Å²) >= 11 is 0. The highest BCUT2D eigenvalue weighted by molar-refractivity contribution is 5.95. The van der Waals surface area contributed by atoms with Gasteiger partial charge in [0.15, 0.2) is 0 Å². The lowest BCUT2D eigenvalue weighted by atomic mass is 10.1. The van der Waals surface area contributed by atoms with E-state index < -0.39 is 5.97 Å². The van der Waals surface area contributed by atoms with E-state index in [0.717, 1.165) is 32.4 Å². The molecule has 5 nitrogen and oxygen atoms in total. The Morgan fingerprint density at radius 2 is 1.89 bits per heavy atom. The second-order valence-electron chi connectivity index (χ2n) is 4.76. The zero-order valence-electron chi connectivity index (χ0n) is 11.0. The summed E-state index contributed by atoms with van der Waals surface area (Å²) in [6.45, 7) is 3.24. The molecule has 2 rings (SSSR count). The van der Waals surface area contributed by atoms with E-state index in [4.69, 9.17) is 5.11 Å². The number of hydrogen-bond donors (Lipinski definition) is 2. The van der Waals surface area contributed by atoms with Crippen LogP contribution in [0.25, 0.3) is 0 Å². The molecule has 1 saturated heterocycles. The van der Waals surface area contributed by atoms with Crippen LogP contribution in [0.3, 0.4) is 0 Å². The molecule has 0 spiro atoms. The summed E-state index contributed by atoms with van der Waals surface area (Å²) in [5, 5.41) is 11.8. The maximum Gasteiger partial charge on any atom is 0.336 e. The average molecular weight is 262 g/mol. The molecule has 0 unspecified atom stereocenters. The van der Waals surface area contributed by atoms with Crippen molar-refractivity contribution < 1.29 is 14.7 Å². The van der Waals surface area contributed by atoms with Crippen LogP contribution in [0.5, 0.6) is 0 Å². The second-order valence-corrected chi connectivity index (χ2v) is 4.76. The summed E-state index contributed by atoms with van der Waals surface area (Å²) in [6.07, 6.45) is 3.22. The van der Waals surface area contributed by atoms with Crippen molar-refractivity contribution in [1.29, 1.82) is 0 Å². The van der Waals surface area contributed by atoms with E-state index >= 15 is 0 Å². The van der Waals surface area contributed by atoms with E-state index in [1.54, 1.807) is 24.0 Å². The Balaban J connectivity index is 2.12. The van der Waals surface area contributed by atoms with Gasteiger partial charge in [0.2, 0.25) is 0 Å². The maximum atomic E-state index is 12.1. The Labute approximate surface area is 112 Å². The van der Waals surface area contributed by atoms with Gasteiger partial charge in [-0.2, -0.15) is 0 Å². The molecule has 0 aromatic heterocycles. The molecule has 1 fully saturated rings. The lowest BCUT2D eigenvalue weighted by Gasteiger charge is -2.27. The fraction of sp³-hybridized carbons (Fsp3) is 0.429. The molecule has 19 heavy (non-hydrogen) atoms. The number of likely N-dealkylation sites (tertiary alicyclic amines) is 1. The summed E-state index contributed by atoms with van der Waals surface area (Å²) in [7, 11) is 0. The van der Waals surface area contributed by atoms with Gasteiger partial charge in [0.05, 0.1) is 5.56 Å². The number of rotatable bonds is 2. The third kappa shape index (κ3) is 3.05. The molecular formula is C14H18N2O3. The highest BCUT2D eigenvalue weighted by atomic mass is 16.4. The van der Waals surface area contributed by atoms with Crippen molar-refractivity contribution in [3.05, 3.63) is 29.3 Å². The monoisotopic (exact) mass is 262 g/mol. The molecule has 1 heterocycles. The maximum absolute atomic E-state index is 12.1. The molecule has 102 valence electrons. The molecule has 5 heteroatoms. The number of nitrogens with one attached hydrogen (secondary N) is 1. The van der Waals surface area contributed by atoms with Crippen LogP contribution < -0.4 is 5.32 Å². The minimum absolute atomic E-state index is 0.148. The van der Waals surface area contributed by atoms with E-state index in [-0.39, 0.29) is 11.6 Å². The summed E-state index contributed by atoms with van der Waals surface area (Å²) < 4.78 is 0. The van der Waals surface area contributed by atoms with Gasteiger partial charge in [-0.15, -0.1) is 0 Å². The fourth-order valence-electron chi connectivity index (χ4n) is 2.29. The van der Waals surface area contributed by atoms with Crippen LogP contribution >= 0.6 is 0 Å². The third-order valence-corrected chi connectivity index (χ3v) is 3.45. The number of hydrogen-bond acceptors (Lipinski definition) is 2. The Morgan fingerprint density at radius 1 is 1.21 bits per heavy atom. The number of aromatic carboxylic acids is 1. The van der Waals surface area contributed by atoms with E-state index in [9.17, 15) is 9.59 Å². The first kappa shape index (κ1) is 13.4. The Morgan fingerprint density at radius 3 is 2.53 bits per heavy atom. The van der Waals surface area contributed by atoms with E-state index in [2.05, 4.69) is 5.32 Å². The van der Waals surface area contributed by atoms with Crippen molar-refractivity contribution in [2.75, 3.05) is 18.4 Å². The summed E-state index contributed by atoms with van der Waals surface area (Å²) in [5.74, 6) is -0.980. The topological polar surface area (TPSA) is 69.6 Å². The first-order valence-electron chi connectivity index (χ1n) is 6.48. The van der Waals surface area contributed by atoms with Crippen LogP contribution in [-0.2, 0) is 0 Å². The van der Waals surface area contributed by atoms with Crippen molar-refractivity contribution >= 4 is 17.7 Å². The largest absolute Gasteiger partial charge is 0.478 e. The third-order valence-electron chi connectivity index (χ3n) is 3.45. The molecule has 1 aromatic carbocycles. The molecule has 2 N–H and O–H groups in total. The number of anilines is 1. The van der Waals surface area contributed by atoms with Crippen molar-refractivity contribution in [2.45, 2.75) is 26.2 Å². The number of urea groups is 1. The van der Waals surface area contributed by atoms with Crippen LogP contribution in [-0.4, -0.2) is 35.1 Å². The van der Waals surface area contributed by atoms with Gasteiger partial charge in [-0.1, -0.05) is 6.07 Å². The van der Waals surface area contributed by atoms with E-state index in [1.165, 1.54) is 6.07 Å². The summed E-state index contributed by atoms with van der Waals surface area (Å²) in [6, 6.07) is 4.76. The molecule has 0 aliphatic carbocycles. The van der Waals surface area contributed by atoms with Crippen LogP contribution in [0.2, 0.25) is 0 Å². The highest BCUT2D eigenvalue weighted by Crippen LogP contribution is 2.20. The zero-order chi connectivity index (χ0) is 13.8. The standard InChI is InChI=1S/C14H18N2O3/c1-10-11(13(17)18)6-5-7-12(10)15-14(19)16-8-3-2-4-9-16/h5-7H,2-4,8-9H2,1H3,(H,15,19)(H,17,18). The molecule has 1 aromatic rings. The molecule has 0 atom stereocenters. The summed E-state index contributed by atoms with van der Waals surface area (Å²) in [4.78, 5) is 24.9. The van der Waals surface area contributed by atoms with E-state index in [0.29, 0.717) is 11.3 Å². The predicted octanol–water partition coefficient (Wildman–Crippen LogP) is 2.71. The molecule has 0 saturated carbocycles. The first-order chi connectivity index (χ1) is 9.09. The van der Waals surface area contributed by atoms with Gasteiger partial charge in [0.1, 0.15) is 0 Å². The minimum Gasteiger partial charge on any atom is -0.478 e. The van der Waals surface area contributed by atoms with Crippen LogP contribution in [0.15, 0.2) is 18.2 Å². The Bertz CT molecular complexity index is 493. The normalized spacial score (nSPS) is 15.1. The SMILES string of the molecule is Cc1c(NC(=O)N2CCCCC2)cccc1C(=O)O. The number of carbonyl (C=O) groups is 2. The van der Waals surface area contributed by atoms with E-state index in [1.807, 2.05) is 0 Å². The number of benzene rings is 1. The zero-order valence-corrected chi connectivity index (χ0v) is 11.0. The number of carbonyl (C=O) groups excluding carboxylic acids is 1. The Hall–Kier alpha value is -2.04. The average Bonchev–Trinajstić information content (AvgIpc) is 2.41. The predicted molar refractivity (Wildman–Crippen MR) is 72.6 cm³/mol. The molecule has 0 radical (unpaired) electrons. The molecular weight excluding hydrogens is 244 g/mol. The van der Waals surface area contributed by atoms with Crippen molar-refractivity contribution in [3.63, 3.8) is 0 Å². The molecule has 1 aliphatic heterocycles. The quantitative estimate of drug-likeness (QED) is 0.861. The van der Waals surface area contributed by atoms with Gasteiger partial charge in [-0.3, -0.25) is 0 Å². The fourth-order valence-corrected chi connectivity index (χ4v) is 2.29. The number of carboxylic acids is 1. The first-order valence-corrected chi connectivity index (χ1v) is 6.48. The van der Waals surface area contributed by atoms with Gasteiger partial charge in [-0.25, -0.2) is 9.59 Å². The van der Waals surface area contributed by atoms with Crippen molar-refractivity contribution in [1.82, 2.24) is 4.90 Å².